The fourth-order valence-corrected chi connectivity index (χ4v) is 3.16. The quantitative estimate of drug-likeness (QED) is 0.736. The van der Waals surface area contributed by atoms with Crippen molar-refractivity contribution in [2.24, 2.45) is 0 Å². The summed E-state index contributed by atoms with van der Waals surface area (Å²) in [5, 5.41) is 2.62. The molecule has 1 rings (SSSR count). The highest BCUT2D eigenvalue weighted by molar-refractivity contribution is 7.89. The lowest BCUT2D eigenvalue weighted by atomic mass is 10.3. The zero-order valence-corrected chi connectivity index (χ0v) is 10.6. The molecule has 0 aromatic carbocycles. The number of hydrogen-bond donors (Lipinski definition) is 1. The standard InChI is InChI=1S/C10H20N2O3S/c1-2-5-10(13)11-6-9-16(14,15)12-7-3-4-8-12/h2-9H2,1H3,(H,11,13). The molecule has 0 radical (unpaired) electrons. The van der Waals surface area contributed by atoms with E-state index in [1.165, 1.54) is 4.31 Å². The summed E-state index contributed by atoms with van der Waals surface area (Å²) in [5.41, 5.74) is 0. The molecule has 1 fully saturated rings. The van der Waals surface area contributed by atoms with Crippen molar-refractivity contribution in [3.05, 3.63) is 0 Å². The molecule has 1 aliphatic heterocycles. The molecule has 0 atom stereocenters. The smallest absolute Gasteiger partial charge is 0.220 e. The Morgan fingerprint density at radius 1 is 1.31 bits per heavy atom. The van der Waals surface area contributed by atoms with Gasteiger partial charge >= 0.3 is 0 Å². The van der Waals surface area contributed by atoms with E-state index in [1.54, 1.807) is 0 Å². The third-order valence-corrected chi connectivity index (χ3v) is 4.49. The first-order chi connectivity index (χ1) is 7.56. The molecule has 5 nitrogen and oxygen atoms in total. The van der Waals surface area contributed by atoms with Gasteiger partial charge in [0.15, 0.2) is 0 Å². The van der Waals surface area contributed by atoms with Gasteiger partial charge in [-0.25, -0.2) is 12.7 Å². The van der Waals surface area contributed by atoms with Crippen LogP contribution in [0.2, 0.25) is 0 Å². The summed E-state index contributed by atoms with van der Waals surface area (Å²) in [4.78, 5) is 11.1. The van der Waals surface area contributed by atoms with E-state index in [0.717, 1.165) is 19.3 Å². The number of nitrogens with one attached hydrogen (secondary N) is 1. The maximum Gasteiger partial charge on any atom is 0.220 e. The Bertz CT molecular complexity index is 321. The topological polar surface area (TPSA) is 66.5 Å². The van der Waals surface area contributed by atoms with Gasteiger partial charge in [-0.1, -0.05) is 6.92 Å². The monoisotopic (exact) mass is 248 g/mol. The lowest BCUT2D eigenvalue weighted by Crippen LogP contribution is -2.36. The van der Waals surface area contributed by atoms with E-state index in [-0.39, 0.29) is 18.2 Å². The lowest BCUT2D eigenvalue weighted by Gasteiger charge is -2.15. The summed E-state index contributed by atoms with van der Waals surface area (Å²) in [7, 11) is -3.15. The highest BCUT2D eigenvalue weighted by Gasteiger charge is 2.24. The number of nitrogens with zero attached hydrogens (tertiary/aromatic N) is 1. The van der Waals surface area contributed by atoms with Crippen LogP contribution in [0.3, 0.4) is 0 Å². The Hall–Kier alpha value is -0.620. The normalized spacial score (nSPS) is 17.6. The summed E-state index contributed by atoms with van der Waals surface area (Å²) in [6, 6.07) is 0. The summed E-state index contributed by atoms with van der Waals surface area (Å²) < 4.78 is 25.0. The van der Waals surface area contributed by atoms with E-state index in [0.29, 0.717) is 19.5 Å². The minimum Gasteiger partial charge on any atom is -0.355 e. The third-order valence-electron chi connectivity index (χ3n) is 2.62. The van der Waals surface area contributed by atoms with Crippen LogP contribution in [0.15, 0.2) is 0 Å². The molecular formula is C10H20N2O3S. The van der Waals surface area contributed by atoms with Gasteiger partial charge in [0.1, 0.15) is 0 Å². The van der Waals surface area contributed by atoms with Crippen LogP contribution in [-0.2, 0) is 14.8 Å². The number of hydrogen-bond acceptors (Lipinski definition) is 3. The van der Waals surface area contributed by atoms with Crippen molar-refractivity contribution in [2.45, 2.75) is 32.6 Å². The molecule has 0 spiro atoms. The number of carbonyl (C=O) groups is 1. The summed E-state index contributed by atoms with van der Waals surface area (Å²) in [6.45, 7) is 3.40. The molecule has 1 saturated heterocycles. The molecule has 0 unspecified atom stereocenters. The van der Waals surface area contributed by atoms with Crippen LogP contribution in [0.5, 0.6) is 0 Å². The van der Waals surface area contributed by atoms with Crippen molar-refractivity contribution in [2.75, 3.05) is 25.4 Å². The summed E-state index contributed by atoms with van der Waals surface area (Å²) >= 11 is 0. The van der Waals surface area contributed by atoms with Crippen molar-refractivity contribution in [3.63, 3.8) is 0 Å². The van der Waals surface area contributed by atoms with Crippen LogP contribution >= 0.6 is 0 Å². The van der Waals surface area contributed by atoms with Crippen LogP contribution in [0, 0.1) is 0 Å². The van der Waals surface area contributed by atoms with Gasteiger partial charge in [-0.05, 0) is 19.3 Å². The maximum atomic E-state index is 11.7. The Labute approximate surface area is 97.2 Å². The summed E-state index contributed by atoms with van der Waals surface area (Å²) in [6.07, 6.45) is 3.14. The fourth-order valence-electron chi connectivity index (χ4n) is 1.73. The van der Waals surface area contributed by atoms with E-state index in [9.17, 15) is 13.2 Å². The average Bonchev–Trinajstić information content (AvgIpc) is 2.71. The van der Waals surface area contributed by atoms with Crippen LogP contribution in [0.4, 0.5) is 0 Å². The highest BCUT2D eigenvalue weighted by Crippen LogP contribution is 2.12. The Morgan fingerprint density at radius 3 is 2.50 bits per heavy atom. The Balaban J connectivity index is 2.28. The maximum absolute atomic E-state index is 11.7. The molecule has 0 bridgehead atoms. The molecule has 16 heavy (non-hydrogen) atoms. The molecule has 94 valence electrons. The van der Waals surface area contributed by atoms with Crippen LogP contribution in [-0.4, -0.2) is 44.0 Å². The van der Waals surface area contributed by atoms with E-state index in [1.807, 2.05) is 6.92 Å². The zero-order chi connectivity index (χ0) is 12.0. The first-order valence-corrected chi connectivity index (χ1v) is 7.41. The largest absolute Gasteiger partial charge is 0.355 e. The van der Waals surface area contributed by atoms with Crippen molar-refractivity contribution in [1.29, 1.82) is 0 Å². The fraction of sp³-hybridized carbons (Fsp3) is 0.900. The Kier molecular flexibility index (Phi) is 5.21. The van der Waals surface area contributed by atoms with Gasteiger partial charge in [-0.15, -0.1) is 0 Å². The van der Waals surface area contributed by atoms with E-state index >= 15 is 0 Å². The first-order valence-electron chi connectivity index (χ1n) is 5.81. The molecule has 1 N–H and O–H groups in total. The molecular weight excluding hydrogens is 228 g/mol. The number of rotatable bonds is 6. The van der Waals surface area contributed by atoms with E-state index in [4.69, 9.17) is 0 Å². The molecule has 1 heterocycles. The van der Waals surface area contributed by atoms with Crippen molar-refractivity contribution >= 4 is 15.9 Å². The van der Waals surface area contributed by atoms with Gasteiger partial charge in [0, 0.05) is 26.1 Å². The Morgan fingerprint density at radius 2 is 1.94 bits per heavy atom. The lowest BCUT2D eigenvalue weighted by molar-refractivity contribution is -0.120. The van der Waals surface area contributed by atoms with E-state index in [2.05, 4.69) is 5.32 Å². The number of carbonyl (C=O) groups excluding carboxylic acids is 1. The van der Waals surface area contributed by atoms with Crippen LogP contribution < -0.4 is 5.32 Å². The second-order valence-electron chi connectivity index (χ2n) is 4.02. The minimum absolute atomic E-state index is 0.0163. The highest BCUT2D eigenvalue weighted by atomic mass is 32.2. The van der Waals surface area contributed by atoms with Gasteiger partial charge in [-0.3, -0.25) is 4.79 Å². The second-order valence-corrected chi connectivity index (χ2v) is 6.11. The van der Waals surface area contributed by atoms with Crippen LogP contribution in [0.25, 0.3) is 0 Å². The predicted octanol–water partition coefficient (Wildman–Crippen LogP) is 0.328. The van der Waals surface area contributed by atoms with E-state index < -0.39 is 10.0 Å². The van der Waals surface area contributed by atoms with Gasteiger partial charge in [-0.2, -0.15) is 0 Å². The van der Waals surface area contributed by atoms with Gasteiger partial charge in [0.25, 0.3) is 0 Å². The molecule has 1 aliphatic rings. The summed E-state index contributed by atoms with van der Waals surface area (Å²) in [5.74, 6) is -0.0539. The molecule has 1 amide bonds. The average molecular weight is 248 g/mol. The van der Waals surface area contributed by atoms with Crippen LogP contribution in [0.1, 0.15) is 32.6 Å². The van der Waals surface area contributed by atoms with Crippen molar-refractivity contribution < 1.29 is 13.2 Å². The minimum atomic E-state index is -3.15. The van der Waals surface area contributed by atoms with Crippen molar-refractivity contribution in [1.82, 2.24) is 9.62 Å². The third kappa shape index (κ3) is 4.09. The molecule has 0 saturated carbocycles. The van der Waals surface area contributed by atoms with Gasteiger partial charge in [0.2, 0.25) is 15.9 Å². The molecule has 0 aromatic rings. The number of sulfonamides is 1. The first kappa shape index (κ1) is 13.4. The predicted molar refractivity (Wildman–Crippen MR) is 62.5 cm³/mol. The zero-order valence-electron chi connectivity index (χ0n) is 9.74. The van der Waals surface area contributed by atoms with Gasteiger partial charge < -0.3 is 5.32 Å². The van der Waals surface area contributed by atoms with Crippen molar-refractivity contribution in [3.8, 4) is 0 Å². The van der Waals surface area contributed by atoms with Gasteiger partial charge in [0.05, 0.1) is 5.75 Å². The molecule has 0 aromatic heterocycles. The SMILES string of the molecule is CCCC(=O)NCCS(=O)(=O)N1CCCC1. The number of amides is 1. The molecule has 0 aliphatic carbocycles. The molecule has 6 heteroatoms. The second kappa shape index (κ2) is 6.20.